The zero-order valence-corrected chi connectivity index (χ0v) is 13.8. The second kappa shape index (κ2) is 8.72. The number of ether oxygens (including phenoxy) is 2. The summed E-state index contributed by atoms with van der Waals surface area (Å²) in [5, 5.41) is 0.616. The third kappa shape index (κ3) is 8.43. The van der Waals surface area contributed by atoms with Gasteiger partial charge in [0, 0.05) is 8.91 Å². The highest BCUT2D eigenvalue weighted by atomic mass is 127. The summed E-state index contributed by atoms with van der Waals surface area (Å²) in [6.07, 6.45) is -0.640. The summed E-state index contributed by atoms with van der Waals surface area (Å²) in [5.41, 5.74) is 0. The van der Waals surface area contributed by atoms with Crippen LogP contribution in [0.2, 0.25) is 0 Å². The van der Waals surface area contributed by atoms with Crippen molar-refractivity contribution in [2.24, 2.45) is 0 Å². The van der Waals surface area contributed by atoms with Crippen LogP contribution < -0.4 is 0 Å². The zero-order chi connectivity index (χ0) is 10.3. The molecule has 0 radical (unpaired) electrons. The zero-order valence-electron chi connectivity index (χ0n) is 6.36. The van der Waals surface area contributed by atoms with E-state index in [4.69, 9.17) is 4.74 Å². The number of halogens is 4. The highest BCUT2D eigenvalue weighted by Gasteiger charge is 2.05. The summed E-state index contributed by atoms with van der Waals surface area (Å²) >= 11 is 10.6. The van der Waals surface area contributed by atoms with Gasteiger partial charge in [0.05, 0.1) is 2.49 Å². The maximum absolute atomic E-state index is 10.8. The van der Waals surface area contributed by atoms with Crippen molar-refractivity contribution in [1.29, 1.82) is 0 Å². The summed E-state index contributed by atoms with van der Waals surface area (Å²) in [6.45, 7) is 0.565. The first-order chi connectivity index (χ1) is 6.07. The maximum Gasteiger partial charge on any atom is 0.508 e. The number of rotatable bonds is 4. The molecule has 7 heteroatoms. The highest BCUT2D eigenvalue weighted by Crippen LogP contribution is 2.24. The maximum atomic E-state index is 10.8. The van der Waals surface area contributed by atoms with E-state index < -0.39 is 6.16 Å². The normalized spacial score (nSPS) is 12.0. The van der Waals surface area contributed by atoms with E-state index >= 15 is 0 Å². The summed E-state index contributed by atoms with van der Waals surface area (Å²) in [4.78, 5) is 10.8. The van der Waals surface area contributed by atoms with Crippen molar-refractivity contribution < 1.29 is 14.3 Å². The van der Waals surface area contributed by atoms with E-state index in [9.17, 15) is 4.79 Å². The molecule has 0 aromatic heterocycles. The second-order valence-corrected chi connectivity index (χ2v) is 7.19. The van der Waals surface area contributed by atoms with Crippen LogP contribution in [0.5, 0.6) is 0 Å². The van der Waals surface area contributed by atoms with Crippen molar-refractivity contribution in [1.82, 2.24) is 0 Å². The lowest BCUT2D eigenvalue weighted by Gasteiger charge is -2.04. The third-order valence-electron chi connectivity index (χ3n) is 0.819. The first-order valence-corrected chi connectivity index (χ1v) is 7.20. The third-order valence-corrected chi connectivity index (χ3v) is 4.90. The van der Waals surface area contributed by atoms with Crippen LogP contribution in [-0.2, 0) is 9.47 Å². The molecule has 0 aliphatic heterocycles. The van der Waals surface area contributed by atoms with Crippen molar-refractivity contribution in [2.45, 2.75) is 0 Å². The molecule has 3 nitrogen and oxygen atoms in total. The molecular formula is C6H6Br2I2O3. The van der Waals surface area contributed by atoms with Gasteiger partial charge >= 0.3 is 6.16 Å². The predicted octanol–water partition coefficient (Wildman–Crippen LogP) is 3.97. The van der Waals surface area contributed by atoms with E-state index in [1.807, 2.05) is 0 Å². The molecule has 0 unspecified atom stereocenters. The molecule has 0 aromatic rings. The molecule has 0 aliphatic rings. The highest BCUT2D eigenvalue weighted by molar-refractivity contribution is 14.1. The fraction of sp³-hybridized carbons (Fsp3) is 0.500. The Balaban J connectivity index is 3.65. The van der Waals surface area contributed by atoms with Gasteiger partial charge in [0.2, 0.25) is 0 Å². The molecule has 76 valence electrons. The average Bonchev–Trinajstić information content (AvgIpc) is 2.10. The minimum Gasteiger partial charge on any atom is -0.433 e. The Labute approximate surface area is 121 Å². The van der Waals surface area contributed by atoms with Crippen LogP contribution in [0.1, 0.15) is 0 Å². The number of hydrogen-bond acceptors (Lipinski definition) is 3. The molecule has 0 bridgehead atoms. The second-order valence-electron chi connectivity index (χ2n) is 1.74. The Morgan fingerprint density at radius 3 is 2.38 bits per heavy atom. The van der Waals surface area contributed by atoms with Gasteiger partial charge in [0.1, 0.15) is 13.2 Å². The molecule has 0 spiro atoms. The largest absolute Gasteiger partial charge is 0.508 e. The number of carbonyl (C=O) groups is 1. The van der Waals surface area contributed by atoms with E-state index in [0.717, 1.165) is 6.07 Å². The molecule has 0 saturated heterocycles. The van der Waals surface area contributed by atoms with Crippen molar-refractivity contribution in [3.63, 3.8) is 0 Å². The van der Waals surface area contributed by atoms with Gasteiger partial charge in [-0.3, -0.25) is 0 Å². The molecule has 0 aromatic carbocycles. The van der Waals surface area contributed by atoms with Crippen LogP contribution >= 0.6 is 77.0 Å². The lowest BCUT2D eigenvalue weighted by molar-refractivity contribution is 0.0680. The summed E-state index contributed by atoms with van der Waals surface area (Å²) in [6, 6.07) is 0. The van der Waals surface area contributed by atoms with Gasteiger partial charge in [-0.1, -0.05) is 15.9 Å². The van der Waals surface area contributed by atoms with E-state index in [0.29, 0.717) is 11.9 Å². The fourth-order valence-electron chi connectivity index (χ4n) is 0.340. The van der Waals surface area contributed by atoms with Gasteiger partial charge in [0.25, 0.3) is 0 Å². The van der Waals surface area contributed by atoms with Crippen molar-refractivity contribution in [2.75, 3.05) is 18.5 Å². The topological polar surface area (TPSA) is 35.5 Å². The van der Waals surface area contributed by atoms with Gasteiger partial charge < -0.3 is 9.47 Å². The minimum absolute atomic E-state index is 0.241. The van der Waals surface area contributed by atoms with E-state index in [-0.39, 0.29) is 6.61 Å². The minimum atomic E-state index is -0.640. The number of hydrogen-bond donors (Lipinski definition) is 0. The molecule has 0 rings (SSSR count). The molecule has 0 amide bonds. The Hall–Kier alpha value is 1.43. The van der Waals surface area contributed by atoms with E-state index in [1.54, 1.807) is 0 Å². The van der Waals surface area contributed by atoms with Crippen molar-refractivity contribution >= 4 is 83.2 Å². The Kier molecular flexibility index (Phi) is 9.67. The van der Waals surface area contributed by atoms with Gasteiger partial charge in [-0.15, -0.1) is 0 Å². The smallest absolute Gasteiger partial charge is 0.433 e. The summed E-state index contributed by atoms with van der Waals surface area (Å²) in [5.74, 6) is 0. The lowest BCUT2D eigenvalue weighted by Crippen LogP contribution is -2.09. The number of alkyl halides is 1. The first kappa shape index (κ1) is 14.4. The quantitative estimate of drug-likeness (QED) is 0.308. The monoisotopic (exact) mass is 538 g/mol. The Morgan fingerprint density at radius 1 is 1.31 bits per heavy atom. The molecule has 0 fully saturated rings. The van der Waals surface area contributed by atoms with Crippen LogP contribution in [0, 0.1) is 0 Å². The fourth-order valence-corrected chi connectivity index (χ4v) is 0.928. The van der Waals surface area contributed by atoms with Gasteiger partial charge in [-0.05, 0) is 61.1 Å². The predicted molar refractivity (Wildman–Crippen MR) is 75.1 cm³/mol. The molecule has 0 heterocycles. The standard InChI is InChI=1S/C6H6Br2I2O3/c7-1-2-12-6(11)13-3-4(9)5(8)10/h1-3H2. The van der Waals surface area contributed by atoms with Crippen LogP contribution in [0.4, 0.5) is 4.79 Å². The van der Waals surface area contributed by atoms with Crippen molar-refractivity contribution in [3.05, 3.63) is 6.07 Å². The van der Waals surface area contributed by atoms with Crippen LogP contribution in [0.25, 0.3) is 0 Å². The molecule has 0 atom stereocenters. The van der Waals surface area contributed by atoms with E-state index in [1.165, 1.54) is 0 Å². The van der Waals surface area contributed by atoms with E-state index in [2.05, 4.69) is 81.8 Å². The summed E-state index contributed by atoms with van der Waals surface area (Å²) in [7, 11) is 0. The Morgan fingerprint density at radius 2 is 1.92 bits per heavy atom. The summed E-state index contributed by atoms with van der Waals surface area (Å²) < 4.78 is 11.3. The van der Waals surface area contributed by atoms with Crippen LogP contribution in [-0.4, -0.2) is 24.7 Å². The van der Waals surface area contributed by atoms with Gasteiger partial charge in [-0.25, -0.2) is 4.79 Å². The molecule has 0 saturated carbocycles. The molecule has 13 heavy (non-hydrogen) atoms. The van der Waals surface area contributed by atoms with Gasteiger partial charge in [-0.2, -0.15) is 0 Å². The number of carbonyl (C=O) groups excluding carboxylic acids is 1. The SMILES string of the molecule is O=C(OCCBr)OCC(I)=C(Br)I. The lowest BCUT2D eigenvalue weighted by atomic mass is 10.7. The molecule has 0 aliphatic carbocycles. The average molecular weight is 540 g/mol. The van der Waals surface area contributed by atoms with Gasteiger partial charge in [0.15, 0.2) is 0 Å². The Bertz CT molecular complexity index is 204. The first-order valence-electron chi connectivity index (χ1n) is 3.13. The molecular weight excluding hydrogens is 534 g/mol. The van der Waals surface area contributed by atoms with Crippen LogP contribution in [0.3, 0.4) is 0 Å². The van der Waals surface area contributed by atoms with Crippen molar-refractivity contribution in [3.8, 4) is 0 Å². The molecule has 0 N–H and O–H groups in total. The van der Waals surface area contributed by atoms with Crippen LogP contribution in [0.15, 0.2) is 6.07 Å².